The van der Waals surface area contributed by atoms with Gasteiger partial charge in [-0.3, -0.25) is 15.1 Å². The molecular weight excluding hydrogens is 348 g/mol. The quantitative estimate of drug-likeness (QED) is 0.359. The first-order valence-corrected chi connectivity index (χ1v) is 8.40. The lowest BCUT2D eigenvalue weighted by molar-refractivity contribution is -0.384. The summed E-state index contributed by atoms with van der Waals surface area (Å²) in [7, 11) is 2.09. The molecular formula is C17H20N8O2. The Morgan fingerprint density at radius 2 is 1.93 bits per heavy atom. The molecule has 1 aliphatic rings. The molecule has 140 valence electrons. The lowest BCUT2D eigenvalue weighted by Crippen LogP contribution is -2.45. The molecule has 1 fully saturated rings. The molecule has 3 rings (SSSR count). The van der Waals surface area contributed by atoms with Crippen molar-refractivity contribution < 1.29 is 4.92 Å². The van der Waals surface area contributed by atoms with Gasteiger partial charge in [-0.05, 0) is 24.7 Å². The number of aromatic nitrogens is 2. The maximum atomic E-state index is 10.6. The summed E-state index contributed by atoms with van der Waals surface area (Å²) < 4.78 is 0. The minimum absolute atomic E-state index is 0.0196. The van der Waals surface area contributed by atoms with Crippen LogP contribution in [0.5, 0.6) is 0 Å². The van der Waals surface area contributed by atoms with E-state index in [4.69, 9.17) is 5.73 Å². The van der Waals surface area contributed by atoms with E-state index in [-0.39, 0.29) is 11.5 Å². The van der Waals surface area contributed by atoms with Crippen molar-refractivity contribution in [2.24, 2.45) is 15.9 Å². The fraction of sp³-hybridized carbons (Fsp3) is 0.294. The zero-order valence-electron chi connectivity index (χ0n) is 14.9. The fourth-order valence-electron chi connectivity index (χ4n) is 2.56. The van der Waals surface area contributed by atoms with Gasteiger partial charge in [0.05, 0.1) is 23.5 Å². The molecule has 0 spiro atoms. The molecule has 0 saturated carbocycles. The first kappa shape index (κ1) is 18.4. The van der Waals surface area contributed by atoms with Crippen LogP contribution in [0.4, 0.5) is 11.5 Å². The molecule has 0 atom stereocenters. The third-order valence-corrected chi connectivity index (χ3v) is 4.19. The molecule has 2 N–H and O–H groups in total. The summed E-state index contributed by atoms with van der Waals surface area (Å²) in [6.07, 6.45) is 4.72. The molecule has 0 amide bonds. The molecule has 10 nitrogen and oxygen atoms in total. The molecule has 27 heavy (non-hydrogen) atoms. The summed E-state index contributed by atoms with van der Waals surface area (Å²) in [6.45, 7) is 3.69. The van der Waals surface area contributed by atoms with Gasteiger partial charge in [0.15, 0.2) is 5.84 Å². The van der Waals surface area contributed by atoms with Crippen LogP contribution in [0.2, 0.25) is 0 Å². The molecule has 0 radical (unpaired) electrons. The van der Waals surface area contributed by atoms with E-state index in [2.05, 4.69) is 37.0 Å². The van der Waals surface area contributed by atoms with E-state index in [1.54, 1.807) is 24.5 Å². The number of nitro groups is 1. The standard InChI is InChI=1S/C17H20N8O2/c1-23-6-8-24(9-7-23)16-12-19-11-15(21-16)17(18)22-20-10-13-2-4-14(5-3-13)25(26)27/h2-5,10-12H,6-9H2,1H3,(H2,18,22)/b20-10+. The zero-order valence-corrected chi connectivity index (χ0v) is 14.9. The van der Waals surface area contributed by atoms with E-state index in [9.17, 15) is 10.1 Å². The van der Waals surface area contributed by atoms with Gasteiger partial charge in [-0.25, -0.2) is 4.98 Å². The third kappa shape index (κ3) is 4.82. The van der Waals surface area contributed by atoms with E-state index in [1.165, 1.54) is 18.3 Å². The second-order valence-electron chi connectivity index (χ2n) is 6.13. The van der Waals surface area contributed by atoms with Gasteiger partial charge in [0.25, 0.3) is 5.69 Å². The van der Waals surface area contributed by atoms with Crippen LogP contribution >= 0.6 is 0 Å². The maximum Gasteiger partial charge on any atom is 0.269 e. The predicted octanol–water partition coefficient (Wildman–Crippen LogP) is 0.876. The smallest absolute Gasteiger partial charge is 0.269 e. The topological polar surface area (TPSA) is 126 Å². The van der Waals surface area contributed by atoms with Crippen molar-refractivity contribution in [3.8, 4) is 0 Å². The number of likely N-dealkylation sites (N-methyl/N-ethyl adjacent to an activating group) is 1. The van der Waals surface area contributed by atoms with E-state index >= 15 is 0 Å². The monoisotopic (exact) mass is 368 g/mol. The second kappa shape index (κ2) is 8.32. The number of non-ortho nitro benzene ring substituents is 1. The number of rotatable bonds is 5. The van der Waals surface area contributed by atoms with Crippen molar-refractivity contribution in [2.45, 2.75) is 0 Å². The van der Waals surface area contributed by atoms with Crippen molar-refractivity contribution >= 4 is 23.6 Å². The normalized spacial score (nSPS) is 16.0. The average Bonchev–Trinajstić information content (AvgIpc) is 2.69. The van der Waals surface area contributed by atoms with Crippen LogP contribution in [-0.2, 0) is 0 Å². The highest BCUT2D eigenvalue weighted by Crippen LogP contribution is 2.13. The summed E-state index contributed by atoms with van der Waals surface area (Å²) in [4.78, 5) is 23.3. The molecule has 1 aromatic heterocycles. The van der Waals surface area contributed by atoms with Gasteiger partial charge in [0.1, 0.15) is 11.5 Å². The number of nitrogens with zero attached hydrogens (tertiary/aromatic N) is 7. The number of nitro benzene ring substituents is 1. The van der Waals surface area contributed by atoms with Gasteiger partial charge in [-0.2, -0.15) is 5.10 Å². The SMILES string of the molecule is CN1CCN(c2cncc(/C(N)=N/N=C/c3ccc([N+](=O)[O-])cc3)n2)CC1. The molecule has 1 saturated heterocycles. The highest BCUT2D eigenvalue weighted by atomic mass is 16.6. The predicted molar refractivity (Wildman–Crippen MR) is 103 cm³/mol. The molecule has 2 aromatic rings. The first-order chi connectivity index (χ1) is 13.0. The van der Waals surface area contributed by atoms with Crippen LogP contribution < -0.4 is 10.6 Å². The summed E-state index contributed by atoms with van der Waals surface area (Å²) in [5, 5.41) is 18.5. The summed E-state index contributed by atoms with van der Waals surface area (Å²) in [5.41, 5.74) is 7.11. The van der Waals surface area contributed by atoms with E-state index < -0.39 is 4.92 Å². The van der Waals surface area contributed by atoms with E-state index in [0.717, 1.165) is 32.0 Å². The van der Waals surface area contributed by atoms with Gasteiger partial charge in [-0.15, -0.1) is 5.10 Å². The van der Waals surface area contributed by atoms with Crippen molar-refractivity contribution in [2.75, 3.05) is 38.1 Å². The van der Waals surface area contributed by atoms with Crippen LogP contribution in [0, 0.1) is 10.1 Å². The van der Waals surface area contributed by atoms with E-state index in [0.29, 0.717) is 11.3 Å². The molecule has 1 aromatic carbocycles. The van der Waals surface area contributed by atoms with Crippen LogP contribution in [0.1, 0.15) is 11.3 Å². The Morgan fingerprint density at radius 1 is 1.22 bits per heavy atom. The van der Waals surface area contributed by atoms with Crippen molar-refractivity contribution in [1.82, 2.24) is 14.9 Å². The van der Waals surface area contributed by atoms with Crippen LogP contribution in [0.3, 0.4) is 0 Å². The molecule has 10 heteroatoms. The minimum Gasteiger partial charge on any atom is -0.380 e. The van der Waals surface area contributed by atoms with Gasteiger partial charge in [0.2, 0.25) is 0 Å². The Hall–Kier alpha value is -3.40. The largest absolute Gasteiger partial charge is 0.380 e. The number of anilines is 1. The summed E-state index contributed by atoms with van der Waals surface area (Å²) in [5.74, 6) is 0.912. The number of hydrogen-bond donors (Lipinski definition) is 1. The number of benzene rings is 1. The second-order valence-corrected chi connectivity index (χ2v) is 6.13. The van der Waals surface area contributed by atoms with Gasteiger partial charge in [0, 0.05) is 38.3 Å². The van der Waals surface area contributed by atoms with Crippen LogP contribution in [-0.4, -0.2) is 65.1 Å². The molecule has 0 bridgehead atoms. The number of hydrogen-bond acceptors (Lipinski definition) is 8. The minimum atomic E-state index is -0.455. The maximum absolute atomic E-state index is 10.6. The molecule has 1 aliphatic heterocycles. The fourth-order valence-corrected chi connectivity index (χ4v) is 2.56. The molecule has 0 aliphatic carbocycles. The van der Waals surface area contributed by atoms with Gasteiger partial charge >= 0.3 is 0 Å². The Morgan fingerprint density at radius 3 is 2.59 bits per heavy atom. The highest BCUT2D eigenvalue weighted by Gasteiger charge is 2.16. The van der Waals surface area contributed by atoms with Crippen molar-refractivity contribution in [1.29, 1.82) is 0 Å². The van der Waals surface area contributed by atoms with Gasteiger partial charge < -0.3 is 15.5 Å². The summed E-state index contributed by atoms with van der Waals surface area (Å²) >= 11 is 0. The Kier molecular flexibility index (Phi) is 5.67. The zero-order chi connectivity index (χ0) is 19.2. The van der Waals surface area contributed by atoms with Crippen molar-refractivity contribution in [3.05, 3.63) is 58.0 Å². The lowest BCUT2D eigenvalue weighted by Gasteiger charge is -2.33. The van der Waals surface area contributed by atoms with Gasteiger partial charge in [-0.1, -0.05) is 0 Å². The average molecular weight is 368 g/mol. The first-order valence-electron chi connectivity index (χ1n) is 8.40. The number of amidine groups is 1. The Labute approximate surface area is 156 Å². The van der Waals surface area contributed by atoms with E-state index in [1.807, 2.05) is 0 Å². The molecule has 2 heterocycles. The lowest BCUT2D eigenvalue weighted by atomic mass is 10.2. The van der Waals surface area contributed by atoms with Crippen molar-refractivity contribution in [3.63, 3.8) is 0 Å². The molecule has 0 unspecified atom stereocenters. The Balaban J connectivity index is 1.68. The summed E-state index contributed by atoms with van der Waals surface area (Å²) in [6, 6.07) is 5.97. The van der Waals surface area contributed by atoms with Crippen LogP contribution in [0.15, 0.2) is 46.9 Å². The highest BCUT2D eigenvalue weighted by molar-refractivity contribution is 5.96. The number of nitrogens with two attached hydrogens (primary N) is 1. The Bertz CT molecular complexity index is 857. The van der Waals surface area contributed by atoms with Crippen LogP contribution in [0.25, 0.3) is 0 Å². The third-order valence-electron chi connectivity index (χ3n) is 4.19. The number of piperazine rings is 1.